The summed E-state index contributed by atoms with van der Waals surface area (Å²) < 4.78 is 32.6. The number of aryl methyl sites for hydroxylation is 1. The molecule has 0 saturated carbocycles. The van der Waals surface area contributed by atoms with Crippen molar-refractivity contribution in [3.8, 4) is 0 Å². The van der Waals surface area contributed by atoms with Gasteiger partial charge in [-0.2, -0.15) is 4.31 Å². The van der Waals surface area contributed by atoms with Crippen LogP contribution < -0.4 is 5.32 Å². The van der Waals surface area contributed by atoms with Gasteiger partial charge in [0.15, 0.2) is 11.5 Å². The number of carbonyl (C=O) groups is 1. The fraction of sp³-hybridized carbons (Fsp3) is 0.263. The van der Waals surface area contributed by atoms with Crippen LogP contribution >= 0.6 is 11.6 Å². The first kappa shape index (κ1) is 18.9. The Labute approximate surface area is 167 Å². The molecule has 9 heteroatoms. The Kier molecular flexibility index (Phi) is 4.86. The molecule has 0 aliphatic carbocycles. The van der Waals surface area contributed by atoms with Crippen LogP contribution in [0.3, 0.4) is 0 Å². The third-order valence-electron chi connectivity index (χ3n) is 4.69. The normalized spacial score (nSPS) is 17.9. The van der Waals surface area contributed by atoms with Gasteiger partial charge in [0.05, 0.1) is 4.90 Å². The minimum atomic E-state index is -3.79. The summed E-state index contributed by atoms with van der Waals surface area (Å²) in [6.07, 6.45) is 1.08. The van der Waals surface area contributed by atoms with Crippen LogP contribution in [-0.2, 0) is 14.8 Å². The molecule has 1 fully saturated rings. The van der Waals surface area contributed by atoms with Crippen molar-refractivity contribution in [3.05, 3.63) is 53.4 Å². The van der Waals surface area contributed by atoms with Crippen molar-refractivity contribution in [2.24, 2.45) is 0 Å². The highest BCUT2D eigenvalue weighted by molar-refractivity contribution is 7.89. The number of carbonyl (C=O) groups excluding carboxylic acids is 1. The summed E-state index contributed by atoms with van der Waals surface area (Å²) in [4.78, 5) is 17.2. The van der Waals surface area contributed by atoms with Crippen LogP contribution in [0.1, 0.15) is 18.7 Å². The van der Waals surface area contributed by atoms with Crippen molar-refractivity contribution in [2.45, 2.75) is 30.7 Å². The molecule has 1 saturated heterocycles. The molecule has 1 amide bonds. The zero-order chi connectivity index (χ0) is 19.9. The number of amides is 1. The highest BCUT2D eigenvalue weighted by Gasteiger charge is 2.39. The minimum Gasteiger partial charge on any atom is -0.441 e. The molecule has 2 heterocycles. The van der Waals surface area contributed by atoms with Crippen LogP contribution in [0.25, 0.3) is 11.1 Å². The predicted octanol–water partition coefficient (Wildman–Crippen LogP) is 3.58. The molecule has 1 unspecified atom stereocenters. The highest BCUT2D eigenvalue weighted by Crippen LogP contribution is 2.28. The molecule has 0 radical (unpaired) electrons. The van der Waals surface area contributed by atoms with Crippen LogP contribution in [0.2, 0.25) is 5.02 Å². The number of nitrogens with one attached hydrogen (secondary N) is 1. The molecule has 7 nitrogen and oxygen atoms in total. The molecule has 0 spiro atoms. The first-order chi connectivity index (χ1) is 13.3. The zero-order valence-electron chi connectivity index (χ0n) is 15.1. The molecule has 1 aliphatic rings. The number of nitrogens with zero attached hydrogens (tertiary/aromatic N) is 2. The van der Waals surface area contributed by atoms with E-state index in [1.54, 1.807) is 25.1 Å². The number of halogens is 1. The Morgan fingerprint density at radius 1 is 1.25 bits per heavy atom. The van der Waals surface area contributed by atoms with Gasteiger partial charge in [-0.05, 0) is 55.3 Å². The van der Waals surface area contributed by atoms with Gasteiger partial charge in [-0.3, -0.25) is 4.79 Å². The molecule has 3 aromatic rings. The molecular weight excluding hydrogens is 402 g/mol. The maximum absolute atomic E-state index is 13.0. The molecule has 1 N–H and O–H groups in total. The van der Waals surface area contributed by atoms with Gasteiger partial charge in [0, 0.05) is 24.2 Å². The molecular formula is C19H18ClN3O4S. The molecule has 1 atom stereocenters. The van der Waals surface area contributed by atoms with E-state index in [1.807, 2.05) is 0 Å². The van der Waals surface area contributed by atoms with E-state index in [-0.39, 0.29) is 10.8 Å². The fourth-order valence-corrected chi connectivity index (χ4v) is 5.16. The lowest BCUT2D eigenvalue weighted by molar-refractivity contribution is -0.119. The lowest BCUT2D eigenvalue weighted by Crippen LogP contribution is -2.43. The average Bonchev–Trinajstić information content (AvgIpc) is 3.28. The summed E-state index contributed by atoms with van der Waals surface area (Å²) in [6, 6.07) is 10.3. The van der Waals surface area contributed by atoms with E-state index in [0.717, 1.165) is 0 Å². The lowest BCUT2D eigenvalue weighted by Gasteiger charge is -2.23. The van der Waals surface area contributed by atoms with E-state index in [4.69, 9.17) is 16.0 Å². The van der Waals surface area contributed by atoms with Crippen molar-refractivity contribution in [1.82, 2.24) is 9.29 Å². The van der Waals surface area contributed by atoms with Crippen LogP contribution in [0.15, 0.2) is 51.8 Å². The van der Waals surface area contributed by atoms with Crippen molar-refractivity contribution in [1.29, 1.82) is 0 Å². The number of benzene rings is 2. The van der Waals surface area contributed by atoms with Gasteiger partial charge in [0.2, 0.25) is 15.9 Å². The van der Waals surface area contributed by atoms with E-state index in [1.165, 1.54) is 28.6 Å². The van der Waals surface area contributed by atoms with Gasteiger partial charge in [-0.1, -0.05) is 11.6 Å². The number of fused-ring (bicyclic) bond motifs is 1. The molecule has 0 bridgehead atoms. The minimum absolute atomic E-state index is 0.121. The van der Waals surface area contributed by atoms with E-state index in [0.29, 0.717) is 47.1 Å². The van der Waals surface area contributed by atoms with Crippen LogP contribution in [0, 0.1) is 6.92 Å². The van der Waals surface area contributed by atoms with E-state index in [9.17, 15) is 13.2 Å². The molecule has 1 aromatic heterocycles. The second kappa shape index (κ2) is 7.20. The highest BCUT2D eigenvalue weighted by atomic mass is 35.5. The summed E-state index contributed by atoms with van der Waals surface area (Å²) >= 11 is 5.85. The lowest BCUT2D eigenvalue weighted by atomic mass is 10.2. The second-order valence-corrected chi connectivity index (χ2v) is 8.96. The quantitative estimate of drug-likeness (QED) is 0.697. The van der Waals surface area contributed by atoms with Crippen LogP contribution in [0.5, 0.6) is 0 Å². The van der Waals surface area contributed by atoms with Gasteiger partial charge >= 0.3 is 0 Å². The van der Waals surface area contributed by atoms with Gasteiger partial charge in [0.25, 0.3) is 0 Å². The average molecular weight is 420 g/mol. The summed E-state index contributed by atoms with van der Waals surface area (Å²) in [6.45, 7) is 2.04. The van der Waals surface area contributed by atoms with Gasteiger partial charge < -0.3 is 9.73 Å². The smallest absolute Gasteiger partial charge is 0.243 e. The number of aromatic nitrogens is 1. The van der Waals surface area contributed by atoms with Gasteiger partial charge in [-0.15, -0.1) is 0 Å². The van der Waals surface area contributed by atoms with E-state index in [2.05, 4.69) is 10.3 Å². The van der Waals surface area contributed by atoms with Crippen molar-refractivity contribution >= 4 is 44.3 Å². The second-order valence-electron chi connectivity index (χ2n) is 6.63. The maximum atomic E-state index is 13.0. The summed E-state index contributed by atoms with van der Waals surface area (Å²) in [7, 11) is -3.79. The van der Waals surface area contributed by atoms with Crippen LogP contribution in [0.4, 0.5) is 5.69 Å². The SMILES string of the molecule is Cc1nc2cc(NC(=O)C3CCCN3S(=O)(=O)c3ccc(Cl)cc3)ccc2o1. The van der Waals surface area contributed by atoms with E-state index < -0.39 is 16.1 Å². The Morgan fingerprint density at radius 3 is 2.75 bits per heavy atom. The largest absolute Gasteiger partial charge is 0.441 e. The number of hydrogen-bond acceptors (Lipinski definition) is 5. The third kappa shape index (κ3) is 3.50. The van der Waals surface area contributed by atoms with Gasteiger partial charge in [-0.25, -0.2) is 13.4 Å². The molecule has 1 aliphatic heterocycles. The number of anilines is 1. The van der Waals surface area contributed by atoms with Crippen molar-refractivity contribution in [2.75, 3.05) is 11.9 Å². The zero-order valence-corrected chi connectivity index (χ0v) is 16.6. The number of hydrogen-bond donors (Lipinski definition) is 1. The summed E-state index contributed by atoms with van der Waals surface area (Å²) in [5.74, 6) is 0.170. The first-order valence-corrected chi connectivity index (χ1v) is 10.6. The van der Waals surface area contributed by atoms with Crippen LogP contribution in [-0.4, -0.2) is 36.2 Å². The third-order valence-corrected chi connectivity index (χ3v) is 6.86. The van der Waals surface area contributed by atoms with Crippen molar-refractivity contribution < 1.29 is 17.6 Å². The van der Waals surface area contributed by atoms with E-state index >= 15 is 0 Å². The number of sulfonamides is 1. The maximum Gasteiger partial charge on any atom is 0.243 e. The number of oxazole rings is 1. The summed E-state index contributed by atoms with van der Waals surface area (Å²) in [5.41, 5.74) is 1.80. The fourth-order valence-electron chi connectivity index (χ4n) is 3.38. The van der Waals surface area contributed by atoms with Crippen molar-refractivity contribution in [3.63, 3.8) is 0 Å². The summed E-state index contributed by atoms with van der Waals surface area (Å²) in [5, 5.41) is 3.25. The Morgan fingerprint density at radius 2 is 2.00 bits per heavy atom. The Hall–Kier alpha value is -2.42. The molecule has 4 rings (SSSR count). The Balaban J connectivity index is 1.56. The monoisotopic (exact) mass is 419 g/mol. The standard InChI is InChI=1S/C19H18ClN3O4S/c1-12-21-16-11-14(6-9-18(16)27-12)22-19(24)17-3-2-10-23(17)28(25,26)15-7-4-13(20)5-8-15/h4-9,11,17H,2-3,10H2,1H3,(H,22,24). The first-order valence-electron chi connectivity index (χ1n) is 8.80. The van der Waals surface area contributed by atoms with Gasteiger partial charge in [0.1, 0.15) is 11.6 Å². The predicted molar refractivity (Wildman–Crippen MR) is 106 cm³/mol. The molecule has 146 valence electrons. The topological polar surface area (TPSA) is 92.5 Å². The Bertz CT molecular complexity index is 1140. The molecule has 2 aromatic carbocycles. The molecule has 28 heavy (non-hydrogen) atoms. The number of rotatable bonds is 4.